The van der Waals surface area contributed by atoms with Gasteiger partial charge in [-0.25, -0.2) is 9.78 Å². The average Bonchev–Trinajstić information content (AvgIpc) is 3.74. The molecule has 5 aromatic rings. The molecule has 5 heterocycles. The van der Waals surface area contributed by atoms with Crippen molar-refractivity contribution in [2.24, 2.45) is 14.1 Å². The van der Waals surface area contributed by atoms with Gasteiger partial charge in [0.2, 0.25) is 11.8 Å². The van der Waals surface area contributed by atoms with Crippen LogP contribution in [0.3, 0.4) is 0 Å². The minimum absolute atomic E-state index is 0.128. The Balaban J connectivity index is 1.12. The van der Waals surface area contributed by atoms with Gasteiger partial charge >= 0.3 is 5.69 Å². The highest BCUT2D eigenvalue weighted by Gasteiger charge is 2.45. The molecule has 1 aliphatic carbocycles. The summed E-state index contributed by atoms with van der Waals surface area (Å²) >= 11 is 7.24. The van der Waals surface area contributed by atoms with Gasteiger partial charge in [0.1, 0.15) is 5.39 Å². The van der Waals surface area contributed by atoms with Crippen LogP contribution < -0.4 is 26.6 Å². The number of rotatable bonds is 6. The van der Waals surface area contributed by atoms with E-state index in [2.05, 4.69) is 31.8 Å². The Kier molecular flexibility index (Phi) is 8.18. The van der Waals surface area contributed by atoms with E-state index in [9.17, 15) is 14.4 Å². The Morgan fingerprint density at radius 2 is 1.80 bits per heavy atom. The van der Waals surface area contributed by atoms with Crippen molar-refractivity contribution in [1.29, 1.82) is 0 Å². The second-order valence-electron chi connectivity index (χ2n) is 14.0. The molecule has 51 heavy (non-hydrogen) atoms. The molecule has 2 fully saturated rings. The number of piperidine rings is 1. The van der Waals surface area contributed by atoms with E-state index in [0.29, 0.717) is 28.5 Å². The quantitative estimate of drug-likeness (QED) is 0.244. The fraction of sp³-hybridized carbons (Fsp3) is 0.368. The molecule has 2 aromatic carbocycles. The number of fused-ring (bicyclic) bond motifs is 2. The molecule has 262 valence electrons. The number of benzene rings is 2. The first-order chi connectivity index (χ1) is 24.6. The topological polar surface area (TPSA) is 136 Å². The van der Waals surface area contributed by atoms with Gasteiger partial charge < -0.3 is 15.4 Å². The fourth-order valence-corrected chi connectivity index (χ4v) is 8.69. The van der Waals surface area contributed by atoms with E-state index in [1.807, 2.05) is 43.3 Å². The molecule has 2 atom stereocenters. The number of hydrogen-bond donors (Lipinski definition) is 2. The van der Waals surface area contributed by atoms with Crippen molar-refractivity contribution in [1.82, 2.24) is 34.5 Å². The van der Waals surface area contributed by atoms with E-state index >= 15 is 0 Å². The summed E-state index contributed by atoms with van der Waals surface area (Å²) in [5.41, 5.74) is 6.56. The molecule has 13 heteroatoms. The summed E-state index contributed by atoms with van der Waals surface area (Å²) < 4.78 is 8.40. The maximum Gasteiger partial charge on any atom is 0.330 e. The van der Waals surface area contributed by atoms with Crippen LogP contribution in [0.2, 0.25) is 5.02 Å². The van der Waals surface area contributed by atoms with Crippen LogP contribution in [0, 0.1) is 6.92 Å². The number of amides is 1. The number of likely N-dealkylation sites (tertiary alicyclic amines) is 1. The first kappa shape index (κ1) is 33.1. The molecule has 3 aromatic heterocycles. The Morgan fingerprint density at radius 3 is 2.61 bits per heavy atom. The van der Waals surface area contributed by atoms with E-state index in [4.69, 9.17) is 21.3 Å². The summed E-state index contributed by atoms with van der Waals surface area (Å²) in [6, 6.07) is 14.1. The highest BCUT2D eigenvalue weighted by molar-refractivity contribution is 6.36. The maximum atomic E-state index is 13.2. The highest BCUT2D eigenvalue weighted by atomic mass is 35.5. The van der Waals surface area contributed by atoms with Gasteiger partial charge in [0.25, 0.3) is 5.56 Å². The highest BCUT2D eigenvalue weighted by Crippen LogP contribution is 2.47. The van der Waals surface area contributed by atoms with Crippen molar-refractivity contribution in [2.75, 3.05) is 25.5 Å². The molecule has 8 rings (SSSR count). The lowest BCUT2D eigenvalue weighted by Gasteiger charge is -2.35. The van der Waals surface area contributed by atoms with E-state index in [1.54, 1.807) is 14.2 Å². The predicted octanol–water partition coefficient (Wildman–Crippen LogP) is 5.20. The van der Waals surface area contributed by atoms with Gasteiger partial charge in [-0.3, -0.25) is 23.6 Å². The van der Waals surface area contributed by atoms with Crippen LogP contribution in [0.1, 0.15) is 54.8 Å². The van der Waals surface area contributed by atoms with Crippen molar-refractivity contribution in [3.05, 3.63) is 91.2 Å². The first-order valence-corrected chi connectivity index (χ1v) is 17.7. The molecule has 1 amide bonds. The number of pyridine rings is 1. The van der Waals surface area contributed by atoms with Crippen LogP contribution in [0.15, 0.2) is 58.3 Å². The molecule has 2 aliphatic heterocycles. The van der Waals surface area contributed by atoms with Crippen LogP contribution >= 0.6 is 11.6 Å². The maximum absolute atomic E-state index is 13.2. The summed E-state index contributed by atoms with van der Waals surface area (Å²) in [4.78, 5) is 45.5. The van der Waals surface area contributed by atoms with Crippen molar-refractivity contribution < 1.29 is 9.53 Å². The van der Waals surface area contributed by atoms with Crippen molar-refractivity contribution >= 4 is 39.9 Å². The SMILES string of the molecule is COc1nc(-c2cccc(-c3cccc(Nc4nncc5c4c(=O)n(C)c(=O)n5C)c3C)c2Cl)cc2c1[C@H](N1CC[C@]3(CCCC(=O)N3)C1)CC2. The van der Waals surface area contributed by atoms with E-state index in [-0.39, 0.29) is 28.7 Å². The smallest absolute Gasteiger partial charge is 0.330 e. The zero-order valence-corrected chi connectivity index (χ0v) is 29.8. The van der Waals surface area contributed by atoms with Crippen LogP contribution in [0.4, 0.5) is 11.5 Å². The minimum atomic E-state index is -0.458. The lowest BCUT2D eigenvalue weighted by atomic mass is 9.88. The van der Waals surface area contributed by atoms with Crippen LogP contribution in [-0.4, -0.2) is 60.9 Å². The minimum Gasteiger partial charge on any atom is -0.481 e. The number of anilines is 2. The van der Waals surface area contributed by atoms with Gasteiger partial charge in [0.15, 0.2) is 5.82 Å². The summed E-state index contributed by atoms with van der Waals surface area (Å²) in [6.45, 7) is 3.75. The first-order valence-electron chi connectivity index (χ1n) is 17.3. The molecular weight excluding hydrogens is 668 g/mol. The molecule has 0 unspecified atom stereocenters. The predicted molar refractivity (Wildman–Crippen MR) is 197 cm³/mol. The van der Waals surface area contributed by atoms with Crippen LogP contribution in [-0.2, 0) is 25.3 Å². The molecule has 2 N–H and O–H groups in total. The lowest BCUT2D eigenvalue weighted by molar-refractivity contribution is -0.125. The van der Waals surface area contributed by atoms with Gasteiger partial charge in [0.05, 0.1) is 35.1 Å². The third kappa shape index (κ3) is 5.48. The standard InChI is InChI=1S/C38H39ClN8O4/c1-21-23(8-6-11-26(21)41-34-32-29(19-40-44-34)45(2)37(50)46(3)36(32)49)24-9-5-10-25(33(24)39)27-18-22-13-14-28(31(22)35(42-27)51-4)47-17-16-38(20-47)15-7-12-30(48)43-38/h5-6,8-11,18-19,28H,7,12-17,20H2,1-4H3,(H,41,44)(H,43,48)/t28-,38-/m1/s1. The Hall–Kier alpha value is -5.07. The molecule has 0 radical (unpaired) electrons. The fourth-order valence-electron chi connectivity index (χ4n) is 8.37. The Labute approximate surface area is 299 Å². The monoisotopic (exact) mass is 706 g/mol. The Bertz CT molecular complexity index is 2370. The number of aromatic nitrogens is 5. The second-order valence-corrected chi connectivity index (χ2v) is 14.4. The number of halogens is 1. The molecule has 1 spiro atoms. The largest absolute Gasteiger partial charge is 0.481 e. The van der Waals surface area contributed by atoms with E-state index < -0.39 is 11.2 Å². The Morgan fingerprint density at radius 1 is 1.02 bits per heavy atom. The van der Waals surface area contributed by atoms with Crippen LogP contribution in [0.25, 0.3) is 33.3 Å². The van der Waals surface area contributed by atoms with Crippen LogP contribution in [0.5, 0.6) is 5.88 Å². The average molecular weight is 707 g/mol. The lowest BCUT2D eigenvalue weighted by Crippen LogP contribution is -2.53. The third-order valence-corrected chi connectivity index (χ3v) is 11.5. The number of ether oxygens (including phenoxy) is 1. The number of carbonyl (C=O) groups is 1. The summed E-state index contributed by atoms with van der Waals surface area (Å²) in [5, 5.41) is 15.7. The summed E-state index contributed by atoms with van der Waals surface area (Å²) in [6.07, 6.45) is 6.84. The van der Waals surface area contributed by atoms with Crippen molar-refractivity contribution in [2.45, 2.75) is 57.0 Å². The van der Waals surface area contributed by atoms with Crippen molar-refractivity contribution in [3.63, 3.8) is 0 Å². The normalized spacial score (nSPS) is 20.2. The number of methoxy groups -OCH3 is 1. The molecule has 2 saturated heterocycles. The van der Waals surface area contributed by atoms with Crippen molar-refractivity contribution in [3.8, 4) is 28.3 Å². The van der Waals surface area contributed by atoms with Gasteiger partial charge in [-0.15, -0.1) is 5.10 Å². The number of hydrogen-bond acceptors (Lipinski definition) is 9. The zero-order chi connectivity index (χ0) is 35.6. The number of nitrogens with zero attached hydrogens (tertiary/aromatic N) is 6. The molecule has 0 bridgehead atoms. The number of aryl methyl sites for hydroxylation is 2. The summed E-state index contributed by atoms with van der Waals surface area (Å²) in [5.74, 6) is 1.03. The van der Waals surface area contributed by atoms with Gasteiger partial charge in [0, 0.05) is 62.0 Å². The molecule has 12 nitrogen and oxygen atoms in total. The summed E-state index contributed by atoms with van der Waals surface area (Å²) in [7, 11) is 4.71. The second kappa shape index (κ2) is 12.6. The van der Waals surface area contributed by atoms with Gasteiger partial charge in [-0.1, -0.05) is 41.9 Å². The van der Waals surface area contributed by atoms with Gasteiger partial charge in [-0.05, 0) is 67.9 Å². The number of carbonyl (C=O) groups excluding carboxylic acids is 1. The molecule has 3 aliphatic rings. The number of nitrogens with one attached hydrogen (secondary N) is 2. The molecule has 0 saturated carbocycles. The van der Waals surface area contributed by atoms with Gasteiger partial charge in [-0.2, -0.15) is 5.10 Å². The van der Waals surface area contributed by atoms with E-state index in [1.165, 1.54) is 23.4 Å². The molecular formula is C38H39ClN8O4. The third-order valence-electron chi connectivity index (χ3n) is 11.0. The van der Waals surface area contributed by atoms with E-state index in [0.717, 1.165) is 83.3 Å². The zero-order valence-electron chi connectivity index (χ0n) is 29.0.